The van der Waals surface area contributed by atoms with Crippen LogP contribution in [0.5, 0.6) is 0 Å². The van der Waals surface area contributed by atoms with Crippen molar-refractivity contribution < 1.29 is 8.78 Å². The number of nitriles is 1. The van der Waals surface area contributed by atoms with Gasteiger partial charge in [0.05, 0.1) is 6.07 Å². The quantitative estimate of drug-likeness (QED) is 0.483. The minimum atomic E-state index is -0.593. The second-order valence-corrected chi connectivity index (χ2v) is 6.85. The lowest BCUT2D eigenvalue weighted by Gasteiger charge is -2.12. The Kier molecular flexibility index (Phi) is 6.90. The molecule has 2 nitrogen and oxygen atoms in total. The molecule has 0 spiro atoms. The van der Waals surface area contributed by atoms with E-state index >= 15 is 4.39 Å². The van der Waals surface area contributed by atoms with E-state index in [2.05, 4.69) is 6.07 Å². The second-order valence-electron chi connectivity index (χ2n) is 5.61. The van der Waals surface area contributed by atoms with Crippen LogP contribution in [-0.2, 0) is 0 Å². The standard InChI is InChI=1S/C19H16BClF2N2S/c1-26-10-11(9-24)5-6-17(25)14-4-2-3-13(19(14)23)15-7-12(22)8-16(20)18(15)21/h2-8H,10,20,25H2,1H3/b11-5-,17-6-. The molecule has 0 bridgehead atoms. The van der Waals surface area contributed by atoms with Crippen molar-refractivity contribution in [2.45, 2.75) is 0 Å². The lowest BCUT2D eigenvalue weighted by molar-refractivity contribution is 0.623. The zero-order chi connectivity index (χ0) is 19.3. The van der Waals surface area contributed by atoms with Crippen molar-refractivity contribution in [2.75, 3.05) is 12.0 Å². The molecule has 2 rings (SSSR count). The highest BCUT2D eigenvalue weighted by molar-refractivity contribution is 7.98. The fraction of sp³-hybridized carbons (Fsp3) is 0.105. The highest BCUT2D eigenvalue weighted by Gasteiger charge is 2.16. The molecule has 0 saturated carbocycles. The summed E-state index contributed by atoms with van der Waals surface area (Å²) in [6.07, 6.45) is 4.94. The number of hydrogen-bond acceptors (Lipinski definition) is 3. The minimum absolute atomic E-state index is 0.165. The molecule has 0 unspecified atom stereocenters. The Labute approximate surface area is 161 Å². The van der Waals surface area contributed by atoms with Crippen molar-refractivity contribution in [1.29, 1.82) is 5.26 Å². The number of hydrogen-bond donors (Lipinski definition) is 1. The van der Waals surface area contributed by atoms with E-state index in [1.165, 1.54) is 42.1 Å². The van der Waals surface area contributed by atoms with Crippen LogP contribution in [-0.4, -0.2) is 19.9 Å². The van der Waals surface area contributed by atoms with E-state index in [1.54, 1.807) is 20.0 Å². The lowest BCUT2D eigenvalue weighted by atomic mass is 9.91. The van der Waals surface area contributed by atoms with E-state index in [0.717, 1.165) is 0 Å². The first-order valence-corrected chi connectivity index (χ1v) is 9.46. The number of nitrogens with two attached hydrogens (primary N) is 1. The van der Waals surface area contributed by atoms with Crippen LogP contribution in [0, 0.1) is 23.0 Å². The molecular weight excluding hydrogens is 373 g/mol. The molecule has 0 atom stereocenters. The third kappa shape index (κ3) is 4.49. The van der Waals surface area contributed by atoms with Crippen molar-refractivity contribution in [2.24, 2.45) is 5.73 Å². The van der Waals surface area contributed by atoms with Crippen molar-refractivity contribution in [3.8, 4) is 17.2 Å². The van der Waals surface area contributed by atoms with Crippen LogP contribution in [0.3, 0.4) is 0 Å². The summed E-state index contributed by atoms with van der Waals surface area (Å²) in [5.41, 5.74) is 7.81. The van der Waals surface area contributed by atoms with E-state index in [1.807, 2.05) is 6.26 Å². The molecule has 7 heteroatoms. The summed E-state index contributed by atoms with van der Waals surface area (Å²) in [4.78, 5) is 0. The Morgan fingerprint density at radius 1 is 1.31 bits per heavy atom. The van der Waals surface area contributed by atoms with Crippen LogP contribution >= 0.6 is 23.4 Å². The zero-order valence-corrected chi connectivity index (χ0v) is 15.9. The molecule has 2 aromatic carbocycles. The van der Waals surface area contributed by atoms with Crippen molar-refractivity contribution in [1.82, 2.24) is 0 Å². The molecule has 0 amide bonds. The number of rotatable bonds is 5. The zero-order valence-electron chi connectivity index (χ0n) is 14.3. The normalized spacial score (nSPS) is 12.1. The highest BCUT2D eigenvalue weighted by atomic mass is 35.5. The molecule has 0 fully saturated rings. The first-order chi connectivity index (χ1) is 12.4. The molecule has 0 radical (unpaired) electrons. The molecule has 0 saturated heterocycles. The summed E-state index contributed by atoms with van der Waals surface area (Å²) in [5.74, 6) is -0.542. The monoisotopic (exact) mass is 388 g/mol. The van der Waals surface area contributed by atoms with Gasteiger partial charge < -0.3 is 5.73 Å². The van der Waals surface area contributed by atoms with Crippen LogP contribution in [0.1, 0.15) is 5.56 Å². The highest BCUT2D eigenvalue weighted by Crippen LogP contribution is 2.32. The Hall–Kier alpha value is -2.23. The molecule has 132 valence electrons. The first-order valence-electron chi connectivity index (χ1n) is 7.69. The number of benzene rings is 2. The number of nitrogens with zero attached hydrogens (tertiary/aromatic N) is 1. The van der Waals surface area contributed by atoms with E-state index in [-0.39, 0.29) is 27.4 Å². The van der Waals surface area contributed by atoms with Gasteiger partial charge in [-0.05, 0) is 36.6 Å². The van der Waals surface area contributed by atoms with Gasteiger partial charge in [0.1, 0.15) is 19.5 Å². The fourth-order valence-corrected chi connectivity index (χ4v) is 3.12. The van der Waals surface area contributed by atoms with Gasteiger partial charge in [-0.15, -0.1) is 0 Å². The van der Waals surface area contributed by atoms with Gasteiger partial charge in [-0.1, -0.05) is 29.2 Å². The fourth-order valence-electron chi connectivity index (χ4n) is 2.44. The average Bonchev–Trinajstić information content (AvgIpc) is 2.61. The van der Waals surface area contributed by atoms with Crippen LogP contribution in [0.25, 0.3) is 16.8 Å². The largest absolute Gasteiger partial charge is 0.398 e. The van der Waals surface area contributed by atoms with Crippen LogP contribution < -0.4 is 11.2 Å². The Balaban J connectivity index is 2.53. The van der Waals surface area contributed by atoms with Crippen LogP contribution in [0.15, 0.2) is 48.1 Å². The van der Waals surface area contributed by atoms with Gasteiger partial charge in [0.15, 0.2) is 0 Å². The predicted molar refractivity (Wildman–Crippen MR) is 109 cm³/mol. The van der Waals surface area contributed by atoms with Gasteiger partial charge in [0, 0.05) is 38.7 Å². The summed E-state index contributed by atoms with van der Waals surface area (Å²) in [6.45, 7) is 0. The number of allylic oxidation sites excluding steroid dienone is 2. The van der Waals surface area contributed by atoms with E-state index in [4.69, 9.17) is 22.6 Å². The van der Waals surface area contributed by atoms with Crippen molar-refractivity contribution in [3.63, 3.8) is 0 Å². The van der Waals surface area contributed by atoms with E-state index < -0.39 is 11.6 Å². The molecule has 0 aliphatic rings. The Morgan fingerprint density at radius 2 is 2.04 bits per heavy atom. The van der Waals surface area contributed by atoms with Gasteiger partial charge in [0.2, 0.25) is 0 Å². The maximum atomic E-state index is 15.0. The molecule has 0 aliphatic heterocycles. The SMILES string of the molecule is Bc1cc(F)cc(-c2cccc(/C(N)=C/C=C(/C#N)CSC)c2F)c1Cl. The molecule has 0 aliphatic carbocycles. The molecule has 0 aromatic heterocycles. The second kappa shape index (κ2) is 8.93. The maximum Gasteiger partial charge on any atom is 0.141 e. The van der Waals surface area contributed by atoms with Gasteiger partial charge >= 0.3 is 0 Å². The molecular formula is C19H16BClF2N2S. The topological polar surface area (TPSA) is 49.8 Å². The minimum Gasteiger partial charge on any atom is -0.398 e. The van der Waals surface area contributed by atoms with E-state index in [0.29, 0.717) is 16.8 Å². The van der Waals surface area contributed by atoms with Crippen molar-refractivity contribution in [3.05, 3.63) is 70.3 Å². The Morgan fingerprint density at radius 3 is 2.69 bits per heavy atom. The van der Waals surface area contributed by atoms with Crippen molar-refractivity contribution >= 4 is 42.4 Å². The van der Waals surface area contributed by atoms with Gasteiger partial charge in [-0.3, -0.25) is 0 Å². The van der Waals surface area contributed by atoms with Gasteiger partial charge in [0.25, 0.3) is 0 Å². The summed E-state index contributed by atoms with van der Waals surface area (Å²) in [7, 11) is 1.66. The molecule has 26 heavy (non-hydrogen) atoms. The van der Waals surface area contributed by atoms with Gasteiger partial charge in [-0.2, -0.15) is 17.0 Å². The van der Waals surface area contributed by atoms with Gasteiger partial charge in [-0.25, -0.2) is 8.78 Å². The summed E-state index contributed by atoms with van der Waals surface area (Å²) in [5, 5.41) is 9.33. The molecule has 2 N–H and O–H groups in total. The average molecular weight is 389 g/mol. The number of halogens is 3. The smallest absolute Gasteiger partial charge is 0.141 e. The lowest BCUT2D eigenvalue weighted by Crippen LogP contribution is -2.07. The van der Waals surface area contributed by atoms with E-state index in [9.17, 15) is 4.39 Å². The van der Waals surface area contributed by atoms with Crippen LogP contribution in [0.4, 0.5) is 8.78 Å². The van der Waals surface area contributed by atoms with Crippen LogP contribution in [0.2, 0.25) is 5.02 Å². The number of thioether (sulfide) groups is 1. The Bertz CT molecular complexity index is 936. The summed E-state index contributed by atoms with van der Waals surface area (Å²) < 4.78 is 28.8. The third-order valence-electron chi connectivity index (χ3n) is 3.73. The maximum absolute atomic E-state index is 15.0. The predicted octanol–water partition coefficient (Wildman–Crippen LogP) is 3.66. The molecule has 2 aromatic rings. The molecule has 0 heterocycles. The first kappa shape index (κ1) is 20.1. The third-order valence-corrected chi connectivity index (χ3v) is 4.83. The summed E-state index contributed by atoms with van der Waals surface area (Å²) >= 11 is 7.74. The summed E-state index contributed by atoms with van der Waals surface area (Å²) in [6, 6.07) is 9.24.